The van der Waals surface area contributed by atoms with E-state index >= 15 is 0 Å². The normalized spacial score (nSPS) is 14.5. The lowest BCUT2D eigenvalue weighted by Crippen LogP contribution is -2.25. The van der Waals surface area contributed by atoms with E-state index in [4.69, 9.17) is 19.6 Å². The van der Waals surface area contributed by atoms with E-state index in [0.29, 0.717) is 43.6 Å². The van der Waals surface area contributed by atoms with Gasteiger partial charge < -0.3 is 14.6 Å². The van der Waals surface area contributed by atoms with Crippen molar-refractivity contribution in [3.05, 3.63) is 61.0 Å². The maximum atomic E-state index is 13.4. The Kier molecular flexibility index (Phi) is 8.22. The van der Waals surface area contributed by atoms with Gasteiger partial charge in [-0.3, -0.25) is 4.79 Å². The first-order chi connectivity index (χ1) is 16.9. The van der Waals surface area contributed by atoms with Crippen molar-refractivity contribution in [1.82, 2.24) is 9.66 Å². The number of benzene rings is 2. The Hall–Kier alpha value is -2.72. The first-order valence-electron chi connectivity index (χ1n) is 11.5. The largest absolute Gasteiger partial charge is 0.490 e. The molecule has 1 N–H and O–H groups in total. The van der Waals surface area contributed by atoms with Crippen molar-refractivity contribution >= 4 is 54.9 Å². The fourth-order valence-corrected chi connectivity index (χ4v) is 5.16. The van der Waals surface area contributed by atoms with E-state index < -0.39 is 12.6 Å². The molecule has 1 heterocycles. The van der Waals surface area contributed by atoms with Crippen molar-refractivity contribution in [3.8, 4) is 11.5 Å². The quantitative estimate of drug-likeness (QED) is 0.329. The van der Waals surface area contributed by atoms with Crippen LogP contribution in [0.2, 0.25) is 0 Å². The molecule has 10 heteroatoms. The summed E-state index contributed by atoms with van der Waals surface area (Å²) in [5, 5.41) is 14.1. The smallest absolute Gasteiger partial charge is 0.341 e. The highest BCUT2D eigenvalue weighted by atomic mass is 79.9. The third kappa shape index (κ3) is 5.59. The van der Waals surface area contributed by atoms with Gasteiger partial charge in [0.1, 0.15) is 5.82 Å². The summed E-state index contributed by atoms with van der Waals surface area (Å²) < 4.78 is 13.6. The molecule has 0 bridgehead atoms. The predicted molar refractivity (Wildman–Crippen MR) is 141 cm³/mol. The molecule has 1 aromatic heterocycles. The lowest BCUT2D eigenvalue weighted by Gasteiger charge is -2.22. The van der Waals surface area contributed by atoms with Crippen LogP contribution < -0.4 is 15.0 Å². The van der Waals surface area contributed by atoms with Gasteiger partial charge in [-0.05, 0) is 69.8 Å². The number of fused-ring (bicyclic) bond motifs is 1. The molecule has 0 saturated heterocycles. The topological polar surface area (TPSA) is 103 Å². The van der Waals surface area contributed by atoms with Crippen molar-refractivity contribution in [3.63, 3.8) is 0 Å². The Morgan fingerprint density at radius 1 is 1.20 bits per heavy atom. The molecule has 0 unspecified atom stereocenters. The van der Waals surface area contributed by atoms with E-state index in [-0.39, 0.29) is 17.2 Å². The number of halogens is 2. The van der Waals surface area contributed by atoms with E-state index in [1.807, 2.05) is 25.1 Å². The minimum Gasteiger partial charge on any atom is -0.490 e. The maximum absolute atomic E-state index is 13.4. The number of rotatable bonds is 8. The van der Waals surface area contributed by atoms with Crippen LogP contribution in [0.25, 0.3) is 10.9 Å². The Bertz CT molecular complexity index is 1330. The van der Waals surface area contributed by atoms with Crippen LogP contribution in [0, 0.1) is 0 Å². The third-order valence-electron chi connectivity index (χ3n) is 5.86. The van der Waals surface area contributed by atoms with Crippen molar-refractivity contribution in [1.29, 1.82) is 0 Å². The summed E-state index contributed by atoms with van der Waals surface area (Å²) in [6.07, 6.45) is 6.91. The van der Waals surface area contributed by atoms with Crippen LogP contribution in [0.3, 0.4) is 0 Å². The van der Waals surface area contributed by atoms with Gasteiger partial charge in [0, 0.05) is 16.0 Å². The summed E-state index contributed by atoms with van der Waals surface area (Å²) in [6, 6.07) is 9.01. The zero-order valence-electron chi connectivity index (χ0n) is 19.2. The highest BCUT2D eigenvalue weighted by molar-refractivity contribution is 9.13. The fourth-order valence-electron chi connectivity index (χ4n) is 4.23. The molecule has 4 rings (SSSR count). The predicted octanol–water partition coefficient (Wildman–Crippen LogP) is 5.71. The van der Waals surface area contributed by atoms with Crippen molar-refractivity contribution < 1.29 is 19.4 Å². The maximum Gasteiger partial charge on any atom is 0.341 e. The molecule has 35 heavy (non-hydrogen) atoms. The number of carboxylic acids is 1. The van der Waals surface area contributed by atoms with Crippen LogP contribution >= 0.6 is 31.9 Å². The number of ether oxygens (including phenoxy) is 2. The highest BCUT2D eigenvalue weighted by Gasteiger charge is 2.23. The molecule has 2 aromatic carbocycles. The van der Waals surface area contributed by atoms with E-state index in [0.717, 1.165) is 25.7 Å². The van der Waals surface area contributed by atoms with Gasteiger partial charge >= 0.3 is 5.97 Å². The summed E-state index contributed by atoms with van der Waals surface area (Å²) in [7, 11) is 0. The van der Waals surface area contributed by atoms with Gasteiger partial charge in [-0.25, -0.2) is 9.78 Å². The third-order valence-corrected chi connectivity index (χ3v) is 8.00. The van der Waals surface area contributed by atoms with E-state index in [9.17, 15) is 9.59 Å². The monoisotopic (exact) mass is 605 g/mol. The second kappa shape index (κ2) is 11.3. The lowest BCUT2D eigenvalue weighted by molar-refractivity contribution is -0.139. The molecule has 3 aromatic rings. The summed E-state index contributed by atoms with van der Waals surface area (Å²) >= 11 is 6.99. The first kappa shape index (κ1) is 25.4. The van der Waals surface area contributed by atoms with Gasteiger partial charge in [-0.15, -0.1) is 0 Å². The van der Waals surface area contributed by atoms with E-state index in [2.05, 4.69) is 37.0 Å². The molecule has 1 aliphatic carbocycles. The molecule has 0 radical (unpaired) electrons. The first-order valence-corrected chi connectivity index (χ1v) is 13.0. The van der Waals surface area contributed by atoms with Crippen LogP contribution in [-0.2, 0) is 4.79 Å². The van der Waals surface area contributed by atoms with Crippen LogP contribution in [0.5, 0.6) is 11.5 Å². The van der Waals surface area contributed by atoms with Crippen molar-refractivity contribution in [2.24, 2.45) is 5.10 Å². The van der Waals surface area contributed by atoms with E-state index in [1.165, 1.54) is 11.1 Å². The van der Waals surface area contributed by atoms with Gasteiger partial charge in [-0.1, -0.05) is 31.4 Å². The van der Waals surface area contributed by atoms with Crippen LogP contribution in [-0.4, -0.2) is 40.2 Å². The molecular formula is C25H25Br2N3O5. The Labute approximate surface area is 219 Å². The number of carbonyl (C=O) groups is 1. The molecule has 1 aliphatic rings. The van der Waals surface area contributed by atoms with Gasteiger partial charge in [0.25, 0.3) is 5.56 Å². The van der Waals surface area contributed by atoms with Crippen LogP contribution in [0.4, 0.5) is 0 Å². The van der Waals surface area contributed by atoms with Gasteiger partial charge in [0.05, 0.1) is 28.2 Å². The molecule has 184 valence electrons. The lowest BCUT2D eigenvalue weighted by atomic mass is 9.88. The van der Waals surface area contributed by atoms with Crippen molar-refractivity contribution in [2.45, 2.75) is 44.9 Å². The number of hydrogen-bond donors (Lipinski definition) is 1. The van der Waals surface area contributed by atoms with E-state index in [1.54, 1.807) is 18.3 Å². The standard InChI is InChI=1S/C25H25Br2N3O5/c1-2-34-19-12-16(21(26)22(27)23(19)35-14-20(31)32)13-28-30-24(15-8-4-3-5-9-15)29-18-11-7-6-10-17(18)25(30)33/h6-7,10-13,15H,2-5,8-9,14H2,1H3,(H,31,32). The number of nitrogens with zero attached hydrogens (tertiary/aromatic N) is 3. The second-order valence-corrected chi connectivity index (χ2v) is 9.81. The van der Waals surface area contributed by atoms with Gasteiger partial charge in [0.15, 0.2) is 18.1 Å². The molecule has 1 fully saturated rings. The highest BCUT2D eigenvalue weighted by Crippen LogP contribution is 2.42. The molecule has 0 amide bonds. The van der Waals surface area contributed by atoms with Gasteiger partial charge in [0.2, 0.25) is 0 Å². The fraction of sp³-hybridized carbons (Fsp3) is 0.360. The number of para-hydroxylation sites is 1. The Morgan fingerprint density at radius 3 is 2.66 bits per heavy atom. The van der Waals surface area contributed by atoms with Gasteiger partial charge in [-0.2, -0.15) is 9.78 Å². The zero-order chi connectivity index (χ0) is 24.9. The van der Waals surface area contributed by atoms with Crippen LogP contribution in [0.15, 0.2) is 49.2 Å². The summed E-state index contributed by atoms with van der Waals surface area (Å²) in [6.45, 7) is 1.66. The number of aromatic nitrogens is 2. The average Bonchev–Trinajstić information content (AvgIpc) is 2.86. The number of carboxylic acid groups (broad SMARTS) is 1. The average molecular weight is 607 g/mol. The Morgan fingerprint density at radius 2 is 1.94 bits per heavy atom. The summed E-state index contributed by atoms with van der Waals surface area (Å²) in [5.74, 6) is 0.373. The SMILES string of the molecule is CCOc1cc(C=Nn2c(C3CCCCC3)nc3ccccc3c2=O)c(Br)c(Br)c1OCC(=O)O. The minimum absolute atomic E-state index is 0.166. The summed E-state index contributed by atoms with van der Waals surface area (Å²) in [5.41, 5.74) is 1.08. The van der Waals surface area contributed by atoms with Crippen molar-refractivity contribution in [2.75, 3.05) is 13.2 Å². The molecular weight excluding hydrogens is 582 g/mol. The number of aliphatic carboxylic acids is 1. The number of hydrogen-bond acceptors (Lipinski definition) is 6. The molecule has 1 saturated carbocycles. The Balaban J connectivity index is 1.81. The molecule has 8 nitrogen and oxygen atoms in total. The molecule has 0 atom stereocenters. The second-order valence-electron chi connectivity index (χ2n) is 8.22. The molecule has 0 spiro atoms. The zero-order valence-corrected chi connectivity index (χ0v) is 22.3. The van der Waals surface area contributed by atoms with Crippen LogP contribution in [0.1, 0.15) is 56.3 Å². The minimum atomic E-state index is -1.10. The summed E-state index contributed by atoms with van der Waals surface area (Å²) in [4.78, 5) is 29.3. The molecule has 0 aliphatic heterocycles.